The molecule has 0 unspecified atom stereocenters. The van der Waals surface area contributed by atoms with Crippen molar-refractivity contribution in [3.05, 3.63) is 64.1 Å². The summed E-state index contributed by atoms with van der Waals surface area (Å²) in [5, 5.41) is 2.29. The van der Waals surface area contributed by atoms with Crippen LogP contribution in [0.5, 0.6) is 0 Å². The van der Waals surface area contributed by atoms with Crippen molar-refractivity contribution in [1.82, 2.24) is 0 Å². The maximum atomic E-state index is 15.3. The molecule has 2 heteroatoms. The van der Waals surface area contributed by atoms with E-state index in [0.717, 1.165) is 39.9 Å². The highest BCUT2D eigenvalue weighted by atomic mass is 19.1. The fourth-order valence-electron chi connectivity index (χ4n) is 3.99. The first-order chi connectivity index (χ1) is 12.5. The van der Waals surface area contributed by atoms with E-state index in [1.54, 1.807) is 0 Å². The molecular weight excluding hydrogens is 333 g/mol. The van der Waals surface area contributed by atoms with E-state index >= 15 is 4.39 Å². The first-order valence-corrected chi connectivity index (χ1v) is 9.68. The topological polar surface area (TPSA) is 3.88 Å². The van der Waals surface area contributed by atoms with Crippen LogP contribution in [0.15, 0.2) is 30.3 Å². The van der Waals surface area contributed by atoms with Gasteiger partial charge >= 0.3 is 0 Å². The molecule has 0 aliphatic heterocycles. The van der Waals surface area contributed by atoms with Crippen molar-refractivity contribution in [2.45, 2.75) is 54.9 Å². The maximum absolute atomic E-state index is 15.3. The van der Waals surface area contributed by atoms with Gasteiger partial charge in [-0.1, -0.05) is 39.0 Å². The van der Waals surface area contributed by atoms with Gasteiger partial charge in [0.2, 0.25) is 5.69 Å². The molecule has 0 fully saturated rings. The first-order valence-electron chi connectivity index (χ1n) is 9.68. The molecule has 1 heterocycles. The van der Waals surface area contributed by atoms with Crippen molar-refractivity contribution in [3.63, 3.8) is 0 Å². The van der Waals surface area contributed by atoms with Crippen molar-refractivity contribution in [1.29, 1.82) is 0 Å². The van der Waals surface area contributed by atoms with Gasteiger partial charge in [-0.15, -0.1) is 0 Å². The highest BCUT2D eigenvalue weighted by Crippen LogP contribution is 2.34. The molecule has 0 N–H and O–H groups in total. The van der Waals surface area contributed by atoms with Gasteiger partial charge in [-0.05, 0) is 66.3 Å². The molecule has 1 nitrogen and oxygen atoms in total. The number of hydrogen-bond donors (Lipinski definition) is 0. The maximum Gasteiger partial charge on any atom is 0.223 e. The minimum Gasteiger partial charge on any atom is -0.206 e. The molecule has 0 aliphatic carbocycles. The summed E-state index contributed by atoms with van der Waals surface area (Å²) in [6.07, 6.45) is 1.02. The van der Waals surface area contributed by atoms with Crippen LogP contribution in [0.2, 0.25) is 0 Å². The summed E-state index contributed by atoms with van der Waals surface area (Å²) in [6, 6.07) is 10.8. The van der Waals surface area contributed by atoms with Gasteiger partial charge in [0, 0.05) is 13.0 Å². The third kappa shape index (κ3) is 3.63. The van der Waals surface area contributed by atoms with E-state index < -0.39 is 0 Å². The first kappa shape index (κ1) is 19.5. The van der Waals surface area contributed by atoms with Gasteiger partial charge < -0.3 is 0 Å². The van der Waals surface area contributed by atoms with Crippen LogP contribution in [-0.2, 0) is 13.5 Å². The van der Waals surface area contributed by atoms with Gasteiger partial charge in [-0.25, -0.2) is 4.39 Å². The second-order valence-electron chi connectivity index (χ2n) is 9.18. The van der Waals surface area contributed by atoms with Gasteiger partial charge in [0.25, 0.3) is 0 Å². The molecule has 0 radical (unpaired) electrons. The van der Waals surface area contributed by atoms with Crippen LogP contribution in [0.1, 0.15) is 48.7 Å². The molecule has 2 aromatic carbocycles. The Morgan fingerprint density at radius 1 is 0.926 bits per heavy atom. The molecule has 1 aromatic heterocycles. The zero-order chi connectivity index (χ0) is 20.1. The van der Waals surface area contributed by atoms with E-state index in [-0.39, 0.29) is 11.2 Å². The Kier molecular flexibility index (Phi) is 4.88. The molecule has 0 aliphatic rings. The smallest absolute Gasteiger partial charge is 0.206 e. The number of benzene rings is 2. The molecular formula is C25H31FN+. The second-order valence-corrected chi connectivity index (χ2v) is 9.18. The second kappa shape index (κ2) is 6.74. The summed E-state index contributed by atoms with van der Waals surface area (Å²) in [6.45, 7) is 14.8. The largest absolute Gasteiger partial charge is 0.223 e. The van der Waals surface area contributed by atoms with Crippen LogP contribution in [0.3, 0.4) is 0 Å². The third-order valence-corrected chi connectivity index (χ3v) is 5.54. The van der Waals surface area contributed by atoms with Gasteiger partial charge in [0.1, 0.15) is 12.9 Å². The van der Waals surface area contributed by atoms with Crippen molar-refractivity contribution in [2.75, 3.05) is 0 Å². The summed E-state index contributed by atoms with van der Waals surface area (Å²) in [5.41, 5.74) is 7.23. The lowest BCUT2D eigenvalue weighted by molar-refractivity contribution is -0.665. The Morgan fingerprint density at radius 2 is 1.59 bits per heavy atom. The third-order valence-electron chi connectivity index (χ3n) is 5.54. The Balaban J connectivity index is 2.36. The molecule has 0 bridgehead atoms. The highest BCUT2D eigenvalue weighted by Gasteiger charge is 2.25. The Bertz CT molecular complexity index is 1010. The summed E-state index contributed by atoms with van der Waals surface area (Å²) in [4.78, 5) is 0. The SMILES string of the molecule is Cc1cc(C)c(F)c(-c2c3ccc(CC(C)(C)C)cc3cc(C)[n+]2C)c1C. The number of nitrogens with zero attached hydrogens (tertiary/aromatic N) is 1. The van der Waals surface area contributed by atoms with Crippen LogP contribution in [0.25, 0.3) is 22.0 Å². The van der Waals surface area contributed by atoms with E-state index in [0.29, 0.717) is 5.56 Å². The van der Waals surface area contributed by atoms with Crippen LogP contribution in [0, 0.1) is 38.9 Å². The van der Waals surface area contributed by atoms with E-state index in [1.807, 2.05) is 27.0 Å². The summed E-state index contributed by atoms with van der Waals surface area (Å²) in [5.74, 6) is -0.112. The van der Waals surface area contributed by atoms with Crippen molar-refractivity contribution in [3.8, 4) is 11.3 Å². The molecule has 0 spiro atoms. The van der Waals surface area contributed by atoms with Crippen molar-refractivity contribution in [2.24, 2.45) is 12.5 Å². The number of rotatable bonds is 2. The number of fused-ring (bicyclic) bond motifs is 1. The fourth-order valence-corrected chi connectivity index (χ4v) is 3.99. The number of hydrogen-bond acceptors (Lipinski definition) is 0. The molecule has 27 heavy (non-hydrogen) atoms. The Labute approximate surface area is 162 Å². The van der Waals surface area contributed by atoms with E-state index in [1.165, 1.54) is 10.9 Å². The molecule has 3 rings (SSSR count). The quantitative estimate of drug-likeness (QED) is 0.470. The summed E-state index contributed by atoms with van der Waals surface area (Å²) < 4.78 is 17.4. The average Bonchev–Trinajstić information content (AvgIpc) is 2.55. The fraction of sp³-hybridized carbons (Fsp3) is 0.400. The van der Waals surface area contributed by atoms with Gasteiger partial charge in [-0.2, -0.15) is 4.57 Å². The average molecular weight is 365 g/mol. The Hall–Kier alpha value is -2.22. The molecule has 3 aromatic rings. The van der Waals surface area contributed by atoms with Crippen molar-refractivity contribution >= 4 is 10.8 Å². The highest BCUT2D eigenvalue weighted by molar-refractivity contribution is 5.94. The minimum absolute atomic E-state index is 0.112. The lowest BCUT2D eigenvalue weighted by Crippen LogP contribution is -2.35. The van der Waals surface area contributed by atoms with E-state index in [2.05, 4.69) is 63.5 Å². The molecule has 0 atom stereocenters. The van der Waals surface area contributed by atoms with Crippen LogP contribution in [0.4, 0.5) is 4.39 Å². The lowest BCUT2D eigenvalue weighted by atomic mass is 9.87. The number of pyridine rings is 1. The molecule has 0 saturated heterocycles. The number of aryl methyl sites for hydroxylation is 3. The van der Waals surface area contributed by atoms with E-state index in [4.69, 9.17) is 0 Å². The minimum atomic E-state index is -0.112. The summed E-state index contributed by atoms with van der Waals surface area (Å²) >= 11 is 0. The van der Waals surface area contributed by atoms with Gasteiger partial charge in [-0.3, -0.25) is 0 Å². The number of halogens is 1. The molecule has 0 saturated carbocycles. The predicted molar refractivity (Wildman–Crippen MR) is 113 cm³/mol. The van der Waals surface area contributed by atoms with Crippen LogP contribution in [-0.4, -0.2) is 0 Å². The predicted octanol–water partition coefficient (Wildman–Crippen LogP) is 6.29. The van der Waals surface area contributed by atoms with Crippen LogP contribution < -0.4 is 4.57 Å². The van der Waals surface area contributed by atoms with Crippen LogP contribution >= 0.6 is 0 Å². The molecule has 0 amide bonds. The summed E-state index contributed by atoms with van der Waals surface area (Å²) in [7, 11) is 2.03. The number of aromatic nitrogens is 1. The lowest BCUT2D eigenvalue weighted by Gasteiger charge is -2.19. The zero-order valence-electron chi connectivity index (χ0n) is 17.9. The normalized spacial score (nSPS) is 12.0. The zero-order valence-corrected chi connectivity index (χ0v) is 17.9. The monoisotopic (exact) mass is 364 g/mol. The van der Waals surface area contributed by atoms with Crippen molar-refractivity contribution < 1.29 is 8.96 Å². The van der Waals surface area contributed by atoms with Gasteiger partial charge in [0.05, 0.1) is 10.9 Å². The standard InChI is InChI=1S/C25H31FN/c1-15-11-16(2)23(26)22(18(15)4)24-21-10-9-19(14-25(5,6)7)13-20(21)12-17(3)27(24)8/h9-13H,14H2,1-8H3/q+1. The Morgan fingerprint density at radius 3 is 2.22 bits per heavy atom. The van der Waals surface area contributed by atoms with E-state index in [9.17, 15) is 0 Å². The van der Waals surface area contributed by atoms with Gasteiger partial charge in [0.15, 0.2) is 5.69 Å². The molecule has 142 valence electrons.